The molecule has 0 rings (SSSR count). The van der Waals surface area contributed by atoms with Crippen molar-refractivity contribution < 1.29 is 4.79 Å². The lowest BCUT2D eigenvalue weighted by Gasteiger charge is -2.24. The summed E-state index contributed by atoms with van der Waals surface area (Å²) in [5.41, 5.74) is 0. The molecule has 0 radical (unpaired) electrons. The number of carbonyl (C=O) groups excluding carboxylic acids is 1. The Balaban J connectivity index is 4.34. The Kier molecular flexibility index (Phi) is 4.35. The Morgan fingerprint density at radius 3 is 2.33 bits per heavy atom. The number of amides is 1. The monoisotopic (exact) mass is 168 g/mol. The van der Waals surface area contributed by atoms with Crippen LogP contribution in [0.15, 0.2) is 0 Å². The van der Waals surface area contributed by atoms with Crippen LogP contribution >= 0.6 is 0 Å². The third kappa shape index (κ3) is 2.54. The van der Waals surface area contributed by atoms with Gasteiger partial charge in [0.15, 0.2) is 0 Å². The molecule has 0 aromatic rings. The number of carbonyl (C=O) groups is 1. The summed E-state index contributed by atoms with van der Waals surface area (Å²) in [6.07, 6.45) is 0.460. The van der Waals surface area contributed by atoms with Crippen LogP contribution in [0.3, 0.4) is 0 Å². The normalized spacial score (nSPS) is 12.3. The fraction of sp³-hybridized carbons (Fsp3) is 0.778. The Hall–Kier alpha value is -1.04. The van der Waals surface area contributed by atoms with Crippen molar-refractivity contribution in [2.45, 2.75) is 33.2 Å². The Morgan fingerprint density at radius 1 is 1.58 bits per heavy atom. The van der Waals surface area contributed by atoms with Gasteiger partial charge in [-0.3, -0.25) is 4.79 Å². The highest BCUT2D eigenvalue weighted by Crippen LogP contribution is 2.08. The quantitative estimate of drug-likeness (QED) is 0.639. The average molecular weight is 168 g/mol. The lowest BCUT2D eigenvalue weighted by molar-refractivity contribution is -0.131. The molecule has 0 spiro atoms. The number of nitriles is 1. The van der Waals surface area contributed by atoms with E-state index >= 15 is 0 Å². The van der Waals surface area contributed by atoms with Gasteiger partial charge >= 0.3 is 0 Å². The van der Waals surface area contributed by atoms with Crippen molar-refractivity contribution in [2.75, 3.05) is 7.05 Å². The molecule has 68 valence electrons. The Morgan fingerprint density at radius 2 is 2.08 bits per heavy atom. The molecule has 0 N–H and O–H groups in total. The molecule has 0 aliphatic heterocycles. The van der Waals surface area contributed by atoms with E-state index in [4.69, 9.17) is 5.26 Å². The number of nitrogens with zero attached hydrogens (tertiary/aromatic N) is 2. The van der Waals surface area contributed by atoms with Crippen molar-refractivity contribution in [3.63, 3.8) is 0 Å². The van der Waals surface area contributed by atoms with Gasteiger partial charge in [-0.25, -0.2) is 0 Å². The molecule has 0 saturated heterocycles. The van der Waals surface area contributed by atoms with E-state index in [-0.39, 0.29) is 17.9 Å². The molecular formula is C9H16N2O. The van der Waals surface area contributed by atoms with Crippen molar-refractivity contribution in [1.29, 1.82) is 5.26 Å². The minimum atomic E-state index is -0.294. The van der Waals surface area contributed by atoms with Crippen LogP contribution in [0, 0.1) is 17.2 Å². The van der Waals surface area contributed by atoms with Crippen molar-refractivity contribution >= 4 is 5.91 Å². The SMILES string of the molecule is CCC(=O)N(C)C(C#N)C(C)C. The van der Waals surface area contributed by atoms with E-state index in [1.807, 2.05) is 13.8 Å². The summed E-state index contributed by atoms with van der Waals surface area (Å²) < 4.78 is 0. The molecule has 3 nitrogen and oxygen atoms in total. The maximum absolute atomic E-state index is 11.2. The van der Waals surface area contributed by atoms with Crippen LogP contribution in [0.1, 0.15) is 27.2 Å². The molecule has 0 aromatic carbocycles. The van der Waals surface area contributed by atoms with Gasteiger partial charge in [0, 0.05) is 13.5 Å². The topological polar surface area (TPSA) is 44.1 Å². The van der Waals surface area contributed by atoms with Gasteiger partial charge in [-0.1, -0.05) is 20.8 Å². The Labute approximate surface area is 74.0 Å². The highest BCUT2D eigenvalue weighted by Gasteiger charge is 2.20. The molecule has 0 fully saturated rings. The van der Waals surface area contributed by atoms with Crippen molar-refractivity contribution in [3.05, 3.63) is 0 Å². The molecule has 0 heterocycles. The van der Waals surface area contributed by atoms with E-state index in [2.05, 4.69) is 6.07 Å². The lowest BCUT2D eigenvalue weighted by Crippen LogP contribution is -2.38. The first-order valence-corrected chi connectivity index (χ1v) is 4.19. The molecule has 1 atom stereocenters. The van der Waals surface area contributed by atoms with E-state index in [9.17, 15) is 4.79 Å². The van der Waals surface area contributed by atoms with E-state index in [1.54, 1.807) is 14.0 Å². The van der Waals surface area contributed by atoms with Gasteiger partial charge in [0.1, 0.15) is 6.04 Å². The van der Waals surface area contributed by atoms with Crippen LogP contribution in [0.5, 0.6) is 0 Å². The average Bonchev–Trinajstić information content (AvgIpc) is 2.03. The zero-order valence-electron chi connectivity index (χ0n) is 8.16. The van der Waals surface area contributed by atoms with Crippen LogP contribution < -0.4 is 0 Å². The number of hydrogen-bond acceptors (Lipinski definition) is 2. The second-order valence-corrected chi connectivity index (χ2v) is 3.18. The van der Waals surface area contributed by atoms with Gasteiger partial charge in [0.05, 0.1) is 6.07 Å². The first kappa shape index (κ1) is 11.0. The van der Waals surface area contributed by atoms with Gasteiger partial charge in [0.2, 0.25) is 5.91 Å². The fourth-order valence-electron chi connectivity index (χ4n) is 1.09. The van der Waals surface area contributed by atoms with Gasteiger partial charge in [-0.05, 0) is 5.92 Å². The van der Waals surface area contributed by atoms with Gasteiger partial charge in [0.25, 0.3) is 0 Å². The summed E-state index contributed by atoms with van der Waals surface area (Å²) in [4.78, 5) is 12.7. The van der Waals surface area contributed by atoms with Crippen molar-refractivity contribution in [3.8, 4) is 6.07 Å². The maximum Gasteiger partial charge on any atom is 0.223 e. The predicted molar refractivity (Wildman–Crippen MR) is 47.3 cm³/mol. The van der Waals surface area contributed by atoms with Crippen LogP contribution in [0.2, 0.25) is 0 Å². The van der Waals surface area contributed by atoms with Gasteiger partial charge in [-0.2, -0.15) is 5.26 Å². The Bertz CT molecular complexity index is 193. The minimum Gasteiger partial charge on any atom is -0.329 e. The molecule has 0 saturated carbocycles. The largest absolute Gasteiger partial charge is 0.329 e. The maximum atomic E-state index is 11.2. The highest BCUT2D eigenvalue weighted by molar-refractivity contribution is 5.76. The van der Waals surface area contributed by atoms with Crippen molar-refractivity contribution in [1.82, 2.24) is 4.90 Å². The number of hydrogen-bond donors (Lipinski definition) is 0. The van der Waals surface area contributed by atoms with E-state index in [0.29, 0.717) is 6.42 Å². The fourth-order valence-corrected chi connectivity index (χ4v) is 1.09. The summed E-state index contributed by atoms with van der Waals surface area (Å²) in [5, 5.41) is 8.77. The van der Waals surface area contributed by atoms with E-state index in [0.717, 1.165) is 0 Å². The highest BCUT2D eigenvalue weighted by atomic mass is 16.2. The molecular weight excluding hydrogens is 152 g/mol. The van der Waals surface area contributed by atoms with Gasteiger partial charge in [-0.15, -0.1) is 0 Å². The summed E-state index contributed by atoms with van der Waals surface area (Å²) in [5.74, 6) is 0.214. The molecule has 0 bridgehead atoms. The van der Waals surface area contributed by atoms with Gasteiger partial charge < -0.3 is 4.90 Å². The van der Waals surface area contributed by atoms with Crippen LogP contribution in [-0.2, 0) is 4.79 Å². The molecule has 0 aromatic heterocycles. The summed E-state index contributed by atoms with van der Waals surface area (Å²) >= 11 is 0. The summed E-state index contributed by atoms with van der Waals surface area (Å²) in [6, 6.07) is 1.83. The lowest BCUT2D eigenvalue weighted by atomic mass is 10.0. The molecule has 3 heteroatoms. The minimum absolute atomic E-state index is 0.0234. The molecule has 0 aliphatic carbocycles. The second-order valence-electron chi connectivity index (χ2n) is 3.18. The molecule has 1 amide bonds. The van der Waals surface area contributed by atoms with E-state index in [1.165, 1.54) is 4.90 Å². The molecule has 1 unspecified atom stereocenters. The zero-order valence-corrected chi connectivity index (χ0v) is 8.16. The van der Waals surface area contributed by atoms with E-state index < -0.39 is 0 Å². The van der Waals surface area contributed by atoms with Crippen LogP contribution in [0.25, 0.3) is 0 Å². The van der Waals surface area contributed by atoms with Crippen molar-refractivity contribution in [2.24, 2.45) is 5.92 Å². The zero-order chi connectivity index (χ0) is 9.72. The third-order valence-corrected chi connectivity index (χ3v) is 1.88. The molecule has 0 aliphatic rings. The first-order valence-electron chi connectivity index (χ1n) is 4.19. The number of rotatable bonds is 3. The summed E-state index contributed by atoms with van der Waals surface area (Å²) in [6.45, 7) is 5.67. The van der Waals surface area contributed by atoms with Crippen LogP contribution in [-0.4, -0.2) is 23.9 Å². The standard InChI is InChI=1S/C9H16N2O/c1-5-9(12)11(4)8(6-10)7(2)3/h7-8H,5H2,1-4H3. The predicted octanol–water partition coefficient (Wildman–Crippen LogP) is 1.40. The third-order valence-electron chi connectivity index (χ3n) is 1.88. The second kappa shape index (κ2) is 4.76. The van der Waals surface area contributed by atoms with Crippen LogP contribution in [0.4, 0.5) is 0 Å². The smallest absolute Gasteiger partial charge is 0.223 e. The summed E-state index contributed by atoms with van der Waals surface area (Å²) in [7, 11) is 1.68. The molecule has 12 heavy (non-hydrogen) atoms. The first-order chi connectivity index (χ1) is 5.54.